The number of para-hydroxylation sites is 1. The summed E-state index contributed by atoms with van der Waals surface area (Å²) in [5.74, 6) is 0. The molecule has 0 aromatic heterocycles. The molecule has 2 nitrogen and oxygen atoms in total. The van der Waals surface area contributed by atoms with Crippen molar-refractivity contribution in [2.75, 3.05) is 4.72 Å². The first-order valence-corrected chi connectivity index (χ1v) is 3.61. The van der Waals surface area contributed by atoms with Crippen molar-refractivity contribution in [2.45, 2.75) is 0 Å². The van der Waals surface area contributed by atoms with Gasteiger partial charge < -0.3 is 4.72 Å². The second-order valence-electron chi connectivity index (χ2n) is 1.66. The fourth-order valence-corrected chi connectivity index (χ4v) is 0.888. The van der Waals surface area contributed by atoms with Crippen LogP contribution in [0.2, 0.25) is 0 Å². The topological polar surface area (TPSA) is 35.8 Å². The number of hydrogen-bond acceptors (Lipinski definition) is 3. The van der Waals surface area contributed by atoms with Crippen LogP contribution in [0.15, 0.2) is 30.3 Å². The Bertz CT molecular complexity index is 227. The molecule has 0 spiro atoms. The maximum Gasteiger partial charge on any atom is 0.155 e. The predicted molar refractivity (Wildman–Crippen MR) is 43.3 cm³/mol. The van der Waals surface area contributed by atoms with Gasteiger partial charge in [0.25, 0.3) is 0 Å². The van der Waals surface area contributed by atoms with Crippen LogP contribution in [-0.4, -0.2) is 0 Å². The SMILES string of the molecule is N#CSNc1ccccc1. The van der Waals surface area contributed by atoms with Gasteiger partial charge in [0.15, 0.2) is 5.40 Å². The molecule has 1 rings (SSSR count). The highest BCUT2D eigenvalue weighted by molar-refractivity contribution is 8.04. The Labute approximate surface area is 64.0 Å². The predicted octanol–water partition coefficient (Wildman–Crippen LogP) is 2.23. The van der Waals surface area contributed by atoms with Crippen LogP contribution in [0, 0.1) is 10.7 Å². The van der Waals surface area contributed by atoms with E-state index in [-0.39, 0.29) is 0 Å². The third kappa shape index (κ3) is 2.00. The molecule has 0 atom stereocenters. The zero-order valence-electron chi connectivity index (χ0n) is 5.24. The lowest BCUT2D eigenvalue weighted by molar-refractivity contribution is 1.57. The van der Waals surface area contributed by atoms with Gasteiger partial charge in [-0.1, -0.05) is 18.2 Å². The van der Waals surface area contributed by atoms with E-state index in [2.05, 4.69) is 4.72 Å². The zero-order chi connectivity index (χ0) is 7.23. The molecular formula is C7H6N2S. The summed E-state index contributed by atoms with van der Waals surface area (Å²) in [6, 6.07) is 9.58. The molecule has 10 heavy (non-hydrogen) atoms. The molecule has 0 saturated carbocycles. The Morgan fingerprint density at radius 2 is 2.00 bits per heavy atom. The van der Waals surface area contributed by atoms with Gasteiger partial charge in [-0.05, 0) is 12.1 Å². The number of benzene rings is 1. The van der Waals surface area contributed by atoms with Crippen molar-refractivity contribution in [2.24, 2.45) is 0 Å². The third-order valence-corrected chi connectivity index (χ3v) is 1.42. The number of rotatable bonds is 2. The summed E-state index contributed by atoms with van der Waals surface area (Å²) >= 11 is 1.02. The Hall–Kier alpha value is -1.14. The molecule has 1 aromatic rings. The number of nitriles is 1. The van der Waals surface area contributed by atoms with Gasteiger partial charge in [-0.3, -0.25) is 0 Å². The molecule has 0 unspecified atom stereocenters. The monoisotopic (exact) mass is 150 g/mol. The van der Waals surface area contributed by atoms with E-state index >= 15 is 0 Å². The van der Waals surface area contributed by atoms with E-state index in [9.17, 15) is 0 Å². The Morgan fingerprint density at radius 1 is 1.30 bits per heavy atom. The first-order valence-electron chi connectivity index (χ1n) is 2.79. The maximum atomic E-state index is 8.18. The van der Waals surface area contributed by atoms with Crippen molar-refractivity contribution in [3.8, 4) is 5.40 Å². The van der Waals surface area contributed by atoms with Gasteiger partial charge in [0.2, 0.25) is 0 Å². The minimum absolute atomic E-state index is 0.953. The van der Waals surface area contributed by atoms with E-state index in [1.807, 2.05) is 35.7 Å². The maximum absolute atomic E-state index is 8.18. The van der Waals surface area contributed by atoms with E-state index in [0.717, 1.165) is 17.6 Å². The van der Waals surface area contributed by atoms with Crippen molar-refractivity contribution >= 4 is 17.6 Å². The smallest absolute Gasteiger partial charge is 0.155 e. The number of hydrogen-bond donors (Lipinski definition) is 1. The molecule has 0 heterocycles. The van der Waals surface area contributed by atoms with E-state index in [1.165, 1.54) is 0 Å². The van der Waals surface area contributed by atoms with Crippen LogP contribution in [0.1, 0.15) is 0 Å². The molecule has 0 bridgehead atoms. The third-order valence-electron chi connectivity index (χ3n) is 0.988. The number of thiocyanates is 1. The van der Waals surface area contributed by atoms with Gasteiger partial charge in [-0.2, -0.15) is 5.26 Å². The normalized spacial score (nSPS) is 8.30. The highest BCUT2D eigenvalue weighted by Gasteiger charge is 1.85. The van der Waals surface area contributed by atoms with E-state index in [1.54, 1.807) is 0 Å². The van der Waals surface area contributed by atoms with Crippen LogP contribution in [0.4, 0.5) is 5.69 Å². The van der Waals surface area contributed by atoms with Crippen LogP contribution in [0.5, 0.6) is 0 Å². The molecule has 0 fully saturated rings. The van der Waals surface area contributed by atoms with Crippen LogP contribution >= 0.6 is 11.9 Å². The van der Waals surface area contributed by atoms with E-state index < -0.39 is 0 Å². The number of nitrogens with one attached hydrogen (secondary N) is 1. The average molecular weight is 150 g/mol. The van der Waals surface area contributed by atoms with Crippen LogP contribution in [0.3, 0.4) is 0 Å². The van der Waals surface area contributed by atoms with Crippen molar-refractivity contribution in [3.05, 3.63) is 30.3 Å². The summed E-state index contributed by atoms with van der Waals surface area (Å²) in [7, 11) is 0. The summed E-state index contributed by atoms with van der Waals surface area (Å²) < 4.78 is 2.85. The summed E-state index contributed by atoms with van der Waals surface area (Å²) in [4.78, 5) is 0. The second kappa shape index (κ2) is 3.80. The summed E-state index contributed by atoms with van der Waals surface area (Å²) in [5.41, 5.74) is 0.953. The quantitative estimate of drug-likeness (QED) is 0.518. The second-order valence-corrected chi connectivity index (χ2v) is 2.25. The van der Waals surface area contributed by atoms with Gasteiger partial charge in [-0.15, -0.1) is 0 Å². The molecule has 0 aliphatic rings. The fraction of sp³-hybridized carbons (Fsp3) is 0. The molecule has 3 heteroatoms. The van der Waals surface area contributed by atoms with Crippen molar-refractivity contribution < 1.29 is 0 Å². The highest BCUT2D eigenvalue weighted by Crippen LogP contribution is 2.09. The molecule has 0 saturated heterocycles. The van der Waals surface area contributed by atoms with Crippen molar-refractivity contribution in [1.29, 1.82) is 5.26 Å². The molecule has 0 amide bonds. The molecular weight excluding hydrogens is 144 g/mol. The van der Waals surface area contributed by atoms with Crippen molar-refractivity contribution in [1.82, 2.24) is 0 Å². The van der Waals surface area contributed by atoms with Gasteiger partial charge in [0, 0.05) is 5.69 Å². The first-order chi connectivity index (χ1) is 4.93. The van der Waals surface area contributed by atoms with Gasteiger partial charge in [-0.25, -0.2) is 0 Å². The van der Waals surface area contributed by atoms with Crippen LogP contribution in [0.25, 0.3) is 0 Å². The number of nitrogens with zero attached hydrogens (tertiary/aromatic N) is 1. The van der Waals surface area contributed by atoms with E-state index in [4.69, 9.17) is 5.26 Å². The first kappa shape index (κ1) is 6.97. The summed E-state index contributed by atoms with van der Waals surface area (Å²) in [6.45, 7) is 0. The van der Waals surface area contributed by atoms with Gasteiger partial charge >= 0.3 is 0 Å². The fourth-order valence-electron chi connectivity index (χ4n) is 0.588. The molecule has 1 aromatic carbocycles. The molecule has 0 aliphatic carbocycles. The lowest BCUT2D eigenvalue weighted by Crippen LogP contribution is -1.80. The lowest BCUT2D eigenvalue weighted by atomic mass is 10.3. The molecule has 1 N–H and O–H groups in total. The Kier molecular flexibility index (Phi) is 2.65. The largest absolute Gasteiger partial charge is 0.317 e. The van der Waals surface area contributed by atoms with Crippen LogP contribution in [-0.2, 0) is 0 Å². The van der Waals surface area contributed by atoms with Gasteiger partial charge in [0.1, 0.15) is 0 Å². The molecule has 0 aliphatic heterocycles. The number of anilines is 1. The average Bonchev–Trinajstić information content (AvgIpc) is 2.03. The minimum atomic E-state index is 0.953. The molecule has 50 valence electrons. The van der Waals surface area contributed by atoms with Crippen molar-refractivity contribution in [3.63, 3.8) is 0 Å². The minimum Gasteiger partial charge on any atom is -0.317 e. The van der Waals surface area contributed by atoms with Gasteiger partial charge in [0.05, 0.1) is 11.9 Å². The zero-order valence-corrected chi connectivity index (χ0v) is 6.06. The van der Waals surface area contributed by atoms with E-state index in [0.29, 0.717) is 0 Å². The summed E-state index contributed by atoms with van der Waals surface area (Å²) in [5, 5.41) is 10.1. The lowest BCUT2D eigenvalue weighted by Gasteiger charge is -1.96. The molecule has 0 radical (unpaired) electrons. The standard InChI is InChI=1S/C7H6N2S/c8-6-10-9-7-4-2-1-3-5-7/h1-5,9H. The van der Waals surface area contributed by atoms with Crippen LogP contribution < -0.4 is 4.72 Å². The highest BCUT2D eigenvalue weighted by atomic mass is 32.2. The summed E-state index contributed by atoms with van der Waals surface area (Å²) in [6.07, 6.45) is 0. The Balaban J connectivity index is 2.52. The Morgan fingerprint density at radius 3 is 2.60 bits per heavy atom.